The van der Waals surface area contributed by atoms with Crippen molar-refractivity contribution in [3.05, 3.63) is 0 Å². The number of carbonyl (C=O) groups is 4. The van der Waals surface area contributed by atoms with Gasteiger partial charge in [-0.1, -0.05) is 13.8 Å². The Kier molecular flexibility index (Phi) is 12.7. The molecule has 3 amide bonds. The van der Waals surface area contributed by atoms with Crippen LogP contribution in [0.1, 0.15) is 33.1 Å². The molecule has 0 fully saturated rings. The Morgan fingerprint density at radius 2 is 1.53 bits per heavy atom. The molecule has 0 heterocycles. The van der Waals surface area contributed by atoms with Gasteiger partial charge in [0.2, 0.25) is 17.7 Å². The molecule has 0 aliphatic heterocycles. The minimum absolute atomic E-state index is 0.0163. The van der Waals surface area contributed by atoms with Crippen LogP contribution in [0.5, 0.6) is 0 Å². The Balaban J connectivity index is 5.27. The van der Waals surface area contributed by atoms with Gasteiger partial charge >= 0.3 is 5.97 Å². The molecule has 0 spiro atoms. The van der Waals surface area contributed by atoms with Crippen LogP contribution in [0.2, 0.25) is 0 Å². The molecule has 0 rings (SSSR count). The summed E-state index contributed by atoms with van der Waals surface area (Å²) < 4.78 is 0. The minimum Gasteiger partial charge on any atom is -0.480 e. The number of aliphatic hydroxyl groups is 1. The molecule has 0 aliphatic carbocycles. The van der Waals surface area contributed by atoms with Gasteiger partial charge in [-0.05, 0) is 25.2 Å². The fraction of sp³-hybridized carbons (Fsp3) is 0.706. The van der Waals surface area contributed by atoms with E-state index in [1.165, 1.54) is 0 Å². The van der Waals surface area contributed by atoms with Crippen molar-refractivity contribution in [1.82, 2.24) is 16.0 Å². The summed E-state index contributed by atoms with van der Waals surface area (Å²) in [7, 11) is 0. The van der Waals surface area contributed by atoms with E-state index in [9.17, 15) is 19.2 Å². The second-order valence-electron chi connectivity index (χ2n) is 7.05. The second-order valence-corrected chi connectivity index (χ2v) is 7.05. The summed E-state index contributed by atoms with van der Waals surface area (Å²) in [5.74, 6) is -3.49. The fourth-order valence-corrected chi connectivity index (χ4v) is 2.46. The number of guanidine groups is 1. The van der Waals surface area contributed by atoms with Crippen molar-refractivity contribution in [3.63, 3.8) is 0 Å². The zero-order valence-corrected chi connectivity index (χ0v) is 17.3. The van der Waals surface area contributed by atoms with Gasteiger partial charge in [0.25, 0.3) is 0 Å². The number of amides is 3. The van der Waals surface area contributed by atoms with Crippen LogP contribution in [0.3, 0.4) is 0 Å². The number of nitrogens with one attached hydrogen (secondary N) is 3. The van der Waals surface area contributed by atoms with Gasteiger partial charge in [-0.3, -0.25) is 19.4 Å². The first-order chi connectivity index (χ1) is 14.0. The standard InChI is InChI=1S/C17H33N7O6/c1-9(2)6-11(15(28)24-12(8-25)16(29)30)23-14(27)10(22-13(26)7-18)4-3-5-21-17(19)20/h9-12,25H,3-8,18H2,1-2H3,(H,22,26)(H,23,27)(H,24,28)(H,29,30)(H4,19,20,21). The maximum atomic E-state index is 12.7. The average Bonchev–Trinajstić information content (AvgIpc) is 2.66. The summed E-state index contributed by atoms with van der Waals surface area (Å²) in [5.41, 5.74) is 15.8. The van der Waals surface area contributed by atoms with E-state index in [1.54, 1.807) is 0 Å². The van der Waals surface area contributed by atoms with Crippen LogP contribution in [-0.2, 0) is 19.2 Å². The number of aliphatic carboxylic acids is 1. The van der Waals surface area contributed by atoms with Gasteiger partial charge in [0.15, 0.2) is 5.96 Å². The molecule has 0 aliphatic rings. The molecule has 30 heavy (non-hydrogen) atoms. The number of carbonyl (C=O) groups excluding carboxylic acids is 3. The summed E-state index contributed by atoms with van der Waals surface area (Å²) in [6.45, 7) is 2.73. The van der Waals surface area contributed by atoms with Gasteiger partial charge < -0.3 is 43.4 Å². The lowest BCUT2D eigenvalue weighted by molar-refractivity contribution is -0.143. The van der Waals surface area contributed by atoms with Crippen LogP contribution in [0.15, 0.2) is 4.99 Å². The van der Waals surface area contributed by atoms with Crippen LogP contribution < -0.4 is 33.2 Å². The van der Waals surface area contributed by atoms with E-state index in [2.05, 4.69) is 20.9 Å². The molecule has 13 nitrogen and oxygen atoms in total. The van der Waals surface area contributed by atoms with Crippen LogP contribution >= 0.6 is 0 Å². The van der Waals surface area contributed by atoms with Crippen molar-refractivity contribution in [1.29, 1.82) is 0 Å². The van der Waals surface area contributed by atoms with E-state index in [-0.39, 0.29) is 37.8 Å². The van der Waals surface area contributed by atoms with Crippen molar-refractivity contribution in [2.24, 2.45) is 28.1 Å². The van der Waals surface area contributed by atoms with Gasteiger partial charge in [0, 0.05) is 6.54 Å². The zero-order valence-electron chi connectivity index (χ0n) is 17.3. The summed E-state index contributed by atoms with van der Waals surface area (Å²) in [4.78, 5) is 51.7. The molecule has 0 bridgehead atoms. The molecule has 0 radical (unpaired) electrons. The lowest BCUT2D eigenvalue weighted by atomic mass is 10.0. The number of hydrogen-bond acceptors (Lipinski definition) is 7. The predicted octanol–water partition coefficient (Wildman–Crippen LogP) is -3.42. The monoisotopic (exact) mass is 431 g/mol. The highest BCUT2D eigenvalue weighted by Crippen LogP contribution is 2.07. The number of aliphatic imine (C=N–C) groups is 1. The van der Waals surface area contributed by atoms with E-state index < -0.39 is 48.4 Å². The van der Waals surface area contributed by atoms with E-state index >= 15 is 0 Å². The Hall–Kier alpha value is -2.93. The zero-order chi connectivity index (χ0) is 23.3. The predicted molar refractivity (Wildman–Crippen MR) is 109 cm³/mol. The molecule has 11 N–H and O–H groups in total. The van der Waals surface area contributed by atoms with E-state index in [0.29, 0.717) is 6.42 Å². The smallest absolute Gasteiger partial charge is 0.328 e. The largest absolute Gasteiger partial charge is 0.480 e. The number of nitrogens with zero attached hydrogens (tertiary/aromatic N) is 1. The van der Waals surface area contributed by atoms with Crippen molar-refractivity contribution < 1.29 is 29.4 Å². The Bertz CT molecular complexity index is 622. The molecule has 0 aromatic carbocycles. The summed E-state index contributed by atoms with van der Waals surface area (Å²) in [5, 5.41) is 25.3. The van der Waals surface area contributed by atoms with Crippen LogP contribution in [0, 0.1) is 5.92 Å². The van der Waals surface area contributed by atoms with Crippen molar-refractivity contribution in [2.75, 3.05) is 19.7 Å². The Labute approximate surface area is 174 Å². The van der Waals surface area contributed by atoms with E-state index in [0.717, 1.165) is 0 Å². The third-order valence-corrected chi connectivity index (χ3v) is 3.92. The van der Waals surface area contributed by atoms with Crippen molar-refractivity contribution in [2.45, 2.75) is 51.2 Å². The SMILES string of the molecule is CC(C)CC(NC(=O)C(CCCN=C(N)N)NC(=O)CN)C(=O)NC(CO)C(=O)O. The third-order valence-electron chi connectivity index (χ3n) is 3.92. The van der Waals surface area contributed by atoms with Gasteiger partial charge in [0.1, 0.15) is 18.1 Å². The summed E-state index contributed by atoms with van der Waals surface area (Å²) >= 11 is 0. The molecule has 0 saturated carbocycles. The fourth-order valence-electron chi connectivity index (χ4n) is 2.46. The lowest BCUT2D eigenvalue weighted by Crippen LogP contribution is -2.57. The first kappa shape index (κ1) is 27.1. The lowest BCUT2D eigenvalue weighted by Gasteiger charge is -2.25. The molecular formula is C17H33N7O6. The first-order valence-corrected chi connectivity index (χ1v) is 9.51. The van der Waals surface area contributed by atoms with Crippen LogP contribution in [0.25, 0.3) is 0 Å². The topological polar surface area (TPSA) is 235 Å². The molecule has 172 valence electrons. The molecule has 0 saturated heterocycles. The molecule has 3 atom stereocenters. The highest BCUT2D eigenvalue weighted by molar-refractivity contribution is 5.93. The molecule has 3 unspecified atom stereocenters. The maximum Gasteiger partial charge on any atom is 0.328 e. The van der Waals surface area contributed by atoms with Crippen LogP contribution in [-0.4, -0.2) is 77.7 Å². The van der Waals surface area contributed by atoms with E-state index in [4.69, 9.17) is 27.4 Å². The summed E-state index contributed by atoms with van der Waals surface area (Å²) in [6.07, 6.45) is 0.757. The number of nitrogens with two attached hydrogens (primary N) is 3. The normalized spacial score (nSPS) is 13.6. The second kappa shape index (κ2) is 14.1. The van der Waals surface area contributed by atoms with Crippen molar-refractivity contribution >= 4 is 29.7 Å². The Morgan fingerprint density at radius 3 is 2.00 bits per heavy atom. The molecule has 13 heteroatoms. The number of carboxylic acids is 1. The Morgan fingerprint density at radius 1 is 0.967 bits per heavy atom. The number of carboxylic acid groups (broad SMARTS) is 1. The van der Waals surface area contributed by atoms with Gasteiger partial charge in [-0.25, -0.2) is 4.79 Å². The van der Waals surface area contributed by atoms with Gasteiger partial charge in [-0.15, -0.1) is 0 Å². The van der Waals surface area contributed by atoms with Crippen LogP contribution in [0.4, 0.5) is 0 Å². The highest BCUT2D eigenvalue weighted by Gasteiger charge is 2.29. The minimum atomic E-state index is -1.50. The average molecular weight is 431 g/mol. The number of rotatable bonds is 14. The maximum absolute atomic E-state index is 12.7. The molecule has 0 aromatic heterocycles. The molecule has 0 aromatic rings. The van der Waals surface area contributed by atoms with Gasteiger partial charge in [-0.2, -0.15) is 0 Å². The number of hydrogen-bond donors (Lipinski definition) is 8. The third kappa shape index (κ3) is 11.2. The summed E-state index contributed by atoms with van der Waals surface area (Å²) in [6, 6.07) is -3.57. The van der Waals surface area contributed by atoms with Gasteiger partial charge in [0.05, 0.1) is 13.2 Å². The van der Waals surface area contributed by atoms with Crippen molar-refractivity contribution in [3.8, 4) is 0 Å². The first-order valence-electron chi connectivity index (χ1n) is 9.51. The number of aliphatic hydroxyl groups excluding tert-OH is 1. The van der Waals surface area contributed by atoms with E-state index in [1.807, 2.05) is 13.8 Å². The highest BCUT2D eigenvalue weighted by atomic mass is 16.4. The molecular weight excluding hydrogens is 398 g/mol. The quantitative estimate of drug-likeness (QED) is 0.0775.